The summed E-state index contributed by atoms with van der Waals surface area (Å²) < 4.78 is 0. The lowest BCUT2D eigenvalue weighted by molar-refractivity contribution is -0.126. The summed E-state index contributed by atoms with van der Waals surface area (Å²) in [5, 5.41) is 2.89. The van der Waals surface area contributed by atoms with Crippen LogP contribution < -0.4 is 11.1 Å². The van der Waals surface area contributed by atoms with Crippen LogP contribution in [-0.4, -0.2) is 18.0 Å². The summed E-state index contributed by atoms with van der Waals surface area (Å²) in [7, 11) is 0. The molecule has 0 heterocycles. The fourth-order valence-corrected chi connectivity index (χ4v) is 0.693. The maximum absolute atomic E-state index is 11.4. The number of carbonyl (C=O) groups is 1. The smallest absolute Gasteiger partial charge is 0.223 e. The van der Waals surface area contributed by atoms with Crippen LogP contribution in [0.25, 0.3) is 0 Å². The van der Waals surface area contributed by atoms with Crippen molar-refractivity contribution in [3.8, 4) is 0 Å². The van der Waals surface area contributed by atoms with Crippen molar-refractivity contribution in [3.63, 3.8) is 0 Å². The Labute approximate surface area is 74.7 Å². The zero-order chi connectivity index (χ0) is 9.78. The van der Waals surface area contributed by atoms with Crippen LogP contribution in [0.5, 0.6) is 0 Å². The minimum absolute atomic E-state index is 0.0795. The van der Waals surface area contributed by atoms with Gasteiger partial charge in [-0.25, -0.2) is 0 Å². The first kappa shape index (κ1) is 11.4. The molecular weight excluding hydrogens is 152 g/mol. The lowest BCUT2D eigenvalue weighted by Crippen LogP contribution is -2.50. The number of rotatable bonds is 4. The molecule has 0 aromatic heterocycles. The maximum Gasteiger partial charge on any atom is 0.223 e. The molecule has 0 bridgehead atoms. The van der Waals surface area contributed by atoms with Crippen LogP contribution in [0.3, 0.4) is 0 Å². The van der Waals surface area contributed by atoms with E-state index in [9.17, 15) is 4.79 Å². The van der Waals surface area contributed by atoms with Gasteiger partial charge in [0.15, 0.2) is 0 Å². The van der Waals surface area contributed by atoms with Gasteiger partial charge in [-0.3, -0.25) is 4.79 Å². The first-order valence-electron chi connectivity index (χ1n) is 4.45. The highest BCUT2D eigenvalue weighted by molar-refractivity contribution is 5.78. The van der Waals surface area contributed by atoms with Crippen LogP contribution in [0.15, 0.2) is 0 Å². The number of nitrogens with two attached hydrogens (primary N) is 1. The molecular formula is C9H20N2O. The molecule has 3 nitrogen and oxygen atoms in total. The second kappa shape index (κ2) is 4.45. The van der Waals surface area contributed by atoms with Crippen LogP contribution in [-0.2, 0) is 4.79 Å². The molecule has 0 aliphatic rings. The predicted molar refractivity (Wildman–Crippen MR) is 50.7 cm³/mol. The Hall–Kier alpha value is -0.570. The summed E-state index contributed by atoms with van der Waals surface area (Å²) in [6, 6.07) is 0. The average Bonchev–Trinajstić information content (AvgIpc) is 2.02. The highest BCUT2D eigenvalue weighted by atomic mass is 16.2. The van der Waals surface area contributed by atoms with Crippen LogP contribution in [0, 0.1) is 5.92 Å². The summed E-state index contributed by atoms with van der Waals surface area (Å²) in [5.41, 5.74) is 5.20. The van der Waals surface area contributed by atoms with E-state index in [0.717, 1.165) is 6.42 Å². The van der Waals surface area contributed by atoms with Crippen LogP contribution in [0.1, 0.15) is 34.1 Å². The summed E-state index contributed by atoms with van der Waals surface area (Å²) in [4.78, 5) is 11.4. The van der Waals surface area contributed by atoms with Crippen molar-refractivity contribution >= 4 is 5.91 Å². The summed E-state index contributed by atoms with van der Waals surface area (Å²) in [6.07, 6.45) is 0.868. The number of carbonyl (C=O) groups excluding carboxylic acids is 1. The Balaban J connectivity index is 4.00. The quantitative estimate of drug-likeness (QED) is 0.661. The summed E-state index contributed by atoms with van der Waals surface area (Å²) >= 11 is 0. The highest BCUT2D eigenvalue weighted by Gasteiger charge is 2.20. The summed E-state index contributed by atoms with van der Waals surface area (Å²) in [5.74, 6) is 0.170. The first-order valence-corrected chi connectivity index (χ1v) is 4.45. The third-order valence-corrected chi connectivity index (χ3v) is 2.03. The third-order valence-electron chi connectivity index (χ3n) is 2.03. The zero-order valence-corrected chi connectivity index (χ0v) is 8.48. The van der Waals surface area contributed by atoms with Crippen LogP contribution >= 0.6 is 0 Å². The highest BCUT2D eigenvalue weighted by Crippen LogP contribution is 2.05. The molecule has 12 heavy (non-hydrogen) atoms. The fraction of sp³-hybridized carbons (Fsp3) is 0.889. The van der Waals surface area contributed by atoms with Crippen molar-refractivity contribution in [2.75, 3.05) is 6.54 Å². The van der Waals surface area contributed by atoms with Crippen molar-refractivity contribution in [1.29, 1.82) is 0 Å². The minimum atomic E-state index is -0.277. The zero-order valence-electron chi connectivity index (χ0n) is 8.48. The van der Waals surface area contributed by atoms with Crippen molar-refractivity contribution in [2.24, 2.45) is 11.7 Å². The molecule has 0 fully saturated rings. The first-order chi connectivity index (χ1) is 5.43. The molecule has 1 amide bonds. The molecule has 0 spiro atoms. The van der Waals surface area contributed by atoms with E-state index in [2.05, 4.69) is 5.32 Å². The van der Waals surface area contributed by atoms with Gasteiger partial charge >= 0.3 is 0 Å². The van der Waals surface area contributed by atoms with E-state index in [-0.39, 0.29) is 17.4 Å². The normalized spacial score (nSPS) is 14.1. The monoisotopic (exact) mass is 172 g/mol. The van der Waals surface area contributed by atoms with Gasteiger partial charge in [0.05, 0.1) is 0 Å². The Morgan fingerprint density at radius 3 is 2.42 bits per heavy atom. The van der Waals surface area contributed by atoms with E-state index in [4.69, 9.17) is 5.73 Å². The van der Waals surface area contributed by atoms with Gasteiger partial charge in [0.25, 0.3) is 0 Å². The lowest BCUT2D eigenvalue weighted by atomic mass is 10.0. The lowest BCUT2D eigenvalue weighted by Gasteiger charge is -2.25. The van der Waals surface area contributed by atoms with E-state index in [1.54, 1.807) is 0 Å². The maximum atomic E-state index is 11.4. The van der Waals surface area contributed by atoms with Crippen molar-refractivity contribution in [1.82, 2.24) is 5.32 Å². The van der Waals surface area contributed by atoms with E-state index in [1.165, 1.54) is 0 Å². The number of nitrogens with one attached hydrogen (secondary N) is 1. The van der Waals surface area contributed by atoms with Gasteiger partial charge in [0, 0.05) is 18.0 Å². The van der Waals surface area contributed by atoms with Gasteiger partial charge in [0.1, 0.15) is 0 Å². The van der Waals surface area contributed by atoms with Gasteiger partial charge in [-0.05, 0) is 20.3 Å². The predicted octanol–water partition coefficient (Wildman–Crippen LogP) is 0.886. The topological polar surface area (TPSA) is 55.1 Å². The average molecular weight is 172 g/mol. The molecule has 0 saturated heterocycles. The van der Waals surface area contributed by atoms with Gasteiger partial charge < -0.3 is 11.1 Å². The number of hydrogen-bond acceptors (Lipinski definition) is 2. The molecule has 3 heteroatoms. The molecule has 0 aromatic carbocycles. The second-order valence-electron chi connectivity index (χ2n) is 3.89. The van der Waals surface area contributed by atoms with Crippen molar-refractivity contribution in [2.45, 2.75) is 39.7 Å². The van der Waals surface area contributed by atoms with E-state index >= 15 is 0 Å². The van der Waals surface area contributed by atoms with E-state index in [0.29, 0.717) is 6.54 Å². The molecule has 0 aliphatic heterocycles. The molecule has 0 saturated carbocycles. The number of hydrogen-bond donors (Lipinski definition) is 2. The largest absolute Gasteiger partial charge is 0.350 e. The number of amides is 1. The van der Waals surface area contributed by atoms with E-state index in [1.807, 2.05) is 27.7 Å². The van der Waals surface area contributed by atoms with Crippen LogP contribution in [0.2, 0.25) is 0 Å². The van der Waals surface area contributed by atoms with Crippen molar-refractivity contribution < 1.29 is 4.79 Å². The molecule has 0 aliphatic carbocycles. The second-order valence-corrected chi connectivity index (χ2v) is 3.89. The Morgan fingerprint density at radius 1 is 1.58 bits per heavy atom. The Kier molecular flexibility index (Phi) is 4.24. The molecule has 0 radical (unpaired) electrons. The molecule has 72 valence electrons. The molecule has 1 atom stereocenters. The van der Waals surface area contributed by atoms with Crippen LogP contribution in [0.4, 0.5) is 0 Å². The Bertz CT molecular complexity index is 155. The van der Waals surface area contributed by atoms with Gasteiger partial charge in [0.2, 0.25) is 5.91 Å². The minimum Gasteiger partial charge on any atom is -0.350 e. The summed E-state index contributed by atoms with van der Waals surface area (Å²) in [6.45, 7) is 8.23. The van der Waals surface area contributed by atoms with Gasteiger partial charge in [-0.15, -0.1) is 0 Å². The fourth-order valence-electron chi connectivity index (χ4n) is 0.693. The molecule has 0 aromatic rings. The van der Waals surface area contributed by atoms with Gasteiger partial charge in [-0.1, -0.05) is 13.8 Å². The SMILES string of the molecule is CCC(C)C(=O)NC(C)(C)CN. The van der Waals surface area contributed by atoms with Gasteiger partial charge in [-0.2, -0.15) is 0 Å². The molecule has 1 unspecified atom stereocenters. The Morgan fingerprint density at radius 2 is 2.08 bits per heavy atom. The third kappa shape index (κ3) is 3.72. The molecule has 0 rings (SSSR count). The molecule has 3 N–H and O–H groups in total. The van der Waals surface area contributed by atoms with Crippen molar-refractivity contribution in [3.05, 3.63) is 0 Å². The standard InChI is InChI=1S/C9H20N2O/c1-5-7(2)8(12)11-9(3,4)6-10/h7H,5-6,10H2,1-4H3,(H,11,12). The van der Waals surface area contributed by atoms with E-state index < -0.39 is 0 Å².